The lowest BCUT2D eigenvalue weighted by molar-refractivity contribution is 0.387. The summed E-state index contributed by atoms with van der Waals surface area (Å²) in [5.74, 6) is 0.753. The van der Waals surface area contributed by atoms with Gasteiger partial charge in [0.2, 0.25) is 0 Å². The van der Waals surface area contributed by atoms with Crippen molar-refractivity contribution >= 4 is 17.3 Å². The number of hydrogen-bond acceptors (Lipinski definition) is 2. The predicted octanol–water partition coefficient (Wildman–Crippen LogP) is 4.85. The Morgan fingerprint density at radius 3 is 2.62 bits per heavy atom. The fourth-order valence-corrected chi connectivity index (χ4v) is 3.21. The third-order valence-corrected chi connectivity index (χ3v) is 4.67. The second kappa shape index (κ2) is 6.58. The Balaban J connectivity index is 2.28. The molecule has 0 saturated carbocycles. The summed E-state index contributed by atoms with van der Waals surface area (Å²) in [5.41, 5.74) is 2.63. The average molecular weight is 309 g/mol. The van der Waals surface area contributed by atoms with Crippen molar-refractivity contribution in [3.63, 3.8) is 0 Å². The average Bonchev–Trinajstić information content (AvgIpc) is 2.39. The molecule has 1 aromatic rings. The van der Waals surface area contributed by atoms with E-state index >= 15 is 0 Å². The number of benzene rings is 1. The van der Waals surface area contributed by atoms with Crippen LogP contribution in [0.5, 0.6) is 0 Å². The van der Waals surface area contributed by atoms with Gasteiger partial charge >= 0.3 is 0 Å². The second-order valence-electron chi connectivity index (χ2n) is 7.52. The molecule has 1 N–H and O–H groups in total. The highest BCUT2D eigenvalue weighted by Gasteiger charge is 2.25. The molecular weight excluding hydrogens is 280 g/mol. The fraction of sp³-hybridized carbons (Fsp3) is 0.667. The van der Waals surface area contributed by atoms with Crippen molar-refractivity contribution in [2.45, 2.75) is 65.6 Å². The highest BCUT2D eigenvalue weighted by molar-refractivity contribution is 6.31. The first-order valence-electron chi connectivity index (χ1n) is 8.07. The van der Waals surface area contributed by atoms with Crippen LogP contribution >= 0.6 is 11.6 Å². The number of nitrogens with zero attached hydrogens (tertiary/aromatic N) is 1. The zero-order chi connectivity index (χ0) is 15.6. The van der Waals surface area contributed by atoms with E-state index in [0.717, 1.165) is 24.0 Å². The van der Waals surface area contributed by atoms with Gasteiger partial charge in [0.1, 0.15) is 0 Å². The molecule has 1 aliphatic rings. The molecule has 1 saturated heterocycles. The van der Waals surface area contributed by atoms with Crippen molar-refractivity contribution in [1.29, 1.82) is 0 Å². The maximum Gasteiger partial charge on any atom is 0.0471 e. The molecule has 0 spiro atoms. The summed E-state index contributed by atoms with van der Waals surface area (Å²) < 4.78 is 0. The Morgan fingerprint density at radius 1 is 1.24 bits per heavy atom. The third-order valence-electron chi connectivity index (χ3n) is 4.32. The van der Waals surface area contributed by atoms with Crippen LogP contribution in [0.15, 0.2) is 18.2 Å². The van der Waals surface area contributed by atoms with Crippen molar-refractivity contribution in [1.82, 2.24) is 5.32 Å². The Kier molecular flexibility index (Phi) is 5.21. The van der Waals surface area contributed by atoms with Gasteiger partial charge in [0, 0.05) is 40.9 Å². The van der Waals surface area contributed by atoms with E-state index in [1.807, 2.05) is 6.07 Å². The molecule has 2 rings (SSSR count). The van der Waals surface area contributed by atoms with E-state index in [9.17, 15) is 0 Å². The van der Waals surface area contributed by atoms with Gasteiger partial charge in [0.25, 0.3) is 0 Å². The van der Waals surface area contributed by atoms with Crippen LogP contribution in [-0.4, -0.2) is 18.1 Å². The second-order valence-corrected chi connectivity index (χ2v) is 7.93. The SMILES string of the molecule is CC1CCC(C)N(c2cccc(Cl)c2CNC(C)(C)C)C1. The van der Waals surface area contributed by atoms with Crippen molar-refractivity contribution in [3.05, 3.63) is 28.8 Å². The predicted molar refractivity (Wildman–Crippen MR) is 93.3 cm³/mol. The summed E-state index contributed by atoms with van der Waals surface area (Å²) in [5, 5.41) is 4.44. The highest BCUT2D eigenvalue weighted by Crippen LogP contribution is 2.33. The van der Waals surface area contributed by atoms with Gasteiger partial charge in [-0.2, -0.15) is 0 Å². The fourth-order valence-electron chi connectivity index (χ4n) is 2.97. The first kappa shape index (κ1) is 16.6. The molecule has 1 aromatic carbocycles. The van der Waals surface area contributed by atoms with E-state index in [1.54, 1.807) is 0 Å². The van der Waals surface area contributed by atoms with Gasteiger partial charge < -0.3 is 10.2 Å². The lowest BCUT2D eigenvalue weighted by Gasteiger charge is -2.40. The molecular formula is C18H29ClN2. The molecule has 2 atom stereocenters. The largest absolute Gasteiger partial charge is 0.368 e. The molecule has 0 aliphatic carbocycles. The number of rotatable bonds is 3. The zero-order valence-corrected chi connectivity index (χ0v) is 14.8. The highest BCUT2D eigenvalue weighted by atomic mass is 35.5. The molecule has 21 heavy (non-hydrogen) atoms. The number of hydrogen-bond donors (Lipinski definition) is 1. The molecule has 0 amide bonds. The van der Waals surface area contributed by atoms with E-state index in [1.165, 1.54) is 24.1 Å². The first-order chi connectivity index (χ1) is 9.78. The Bertz CT molecular complexity index is 479. The number of piperidine rings is 1. The maximum absolute atomic E-state index is 6.49. The zero-order valence-electron chi connectivity index (χ0n) is 14.0. The molecule has 2 unspecified atom stereocenters. The molecule has 1 heterocycles. The van der Waals surface area contributed by atoms with Gasteiger partial charge in [0.15, 0.2) is 0 Å². The van der Waals surface area contributed by atoms with E-state index < -0.39 is 0 Å². The standard InChI is InChI=1S/C18H29ClN2/c1-13-9-10-14(2)21(12-13)17-8-6-7-16(19)15(17)11-20-18(3,4)5/h6-8,13-14,20H,9-12H2,1-5H3. The van der Waals surface area contributed by atoms with Crippen LogP contribution < -0.4 is 10.2 Å². The van der Waals surface area contributed by atoms with Gasteiger partial charge in [-0.05, 0) is 58.6 Å². The number of anilines is 1. The van der Waals surface area contributed by atoms with Crippen molar-refractivity contribution in [3.8, 4) is 0 Å². The topological polar surface area (TPSA) is 15.3 Å². The van der Waals surface area contributed by atoms with E-state index in [4.69, 9.17) is 11.6 Å². The van der Waals surface area contributed by atoms with Gasteiger partial charge in [-0.25, -0.2) is 0 Å². The minimum Gasteiger partial charge on any atom is -0.368 e. The van der Waals surface area contributed by atoms with Crippen LogP contribution in [0.25, 0.3) is 0 Å². The lowest BCUT2D eigenvalue weighted by Crippen LogP contribution is -2.42. The first-order valence-corrected chi connectivity index (χ1v) is 8.45. The van der Waals surface area contributed by atoms with Gasteiger partial charge in [-0.15, -0.1) is 0 Å². The quantitative estimate of drug-likeness (QED) is 0.858. The molecule has 2 nitrogen and oxygen atoms in total. The van der Waals surface area contributed by atoms with E-state index in [-0.39, 0.29) is 5.54 Å². The summed E-state index contributed by atoms with van der Waals surface area (Å²) in [7, 11) is 0. The van der Waals surface area contributed by atoms with Crippen LogP contribution in [0.1, 0.15) is 53.0 Å². The minimum atomic E-state index is 0.0945. The van der Waals surface area contributed by atoms with Crippen LogP contribution in [-0.2, 0) is 6.54 Å². The normalized spacial score (nSPS) is 23.4. The minimum absolute atomic E-state index is 0.0945. The molecule has 118 valence electrons. The van der Waals surface area contributed by atoms with E-state index in [2.05, 4.69) is 57.0 Å². The Hall–Kier alpha value is -0.730. The molecule has 0 aromatic heterocycles. The summed E-state index contributed by atoms with van der Waals surface area (Å²) >= 11 is 6.49. The summed E-state index contributed by atoms with van der Waals surface area (Å²) in [6.07, 6.45) is 2.59. The monoisotopic (exact) mass is 308 g/mol. The third kappa shape index (κ3) is 4.37. The molecule has 1 fully saturated rings. The van der Waals surface area contributed by atoms with Crippen LogP contribution in [0, 0.1) is 5.92 Å². The molecule has 3 heteroatoms. The number of halogens is 1. The maximum atomic E-state index is 6.49. The van der Waals surface area contributed by atoms with Crippen molar-refractivity contribution in [2.75, 3.05) is 11.4 Å². The van der Waals surface area contributed by atoms with Gasteiger partial charge in [-0.1, -0.05) is 24.6 Å². The Labute approximate surface area is 134 Å². The summed E-state index contributed by atoms with van der Waals surface area (Å²) in [4.78, 5) is 2.54. The van der Waals surface area contributed by atoms with Crippen LogP contribution in [0.4, 0.5) is 5.69 Å². The summed E-state index contributed by atoms with van der Waals surface area (Å²) in [6, 6.07) is 6.89. The van der Waals surface area contributed by atoms with Crippen molar-refractivity contribution < 1.29 is 0 Å². The van der Waals surface area contributed by atoms with Gasteiger partial charge in [-0.3, -0.25) is 0 Å². The Morgan fingerprint density at radius 2 is 1.95 bits per heavy atom. The molecule has 0 radical (unpaired) electrons. The molecule has 0 bridgehead atoms. The van der Waals surface area contributed by atoms with Crippen molar-refractivity contribution in [2.24, 2.45) is 5.92 Å². The molecule has 1 aliphatic heterocycles. The van der Waals surface area contributed by atoms with Gasteiger partial charge in [0.05, 0.1) is 0 Å². The summed E-state index contributed by atoms with van der Waals surface area (Å²) in [6.45, 7) is 13.2. The lowest BCUT2D eigenvalue weighted by atomic mass is 9.93. The smallest absolute Gasteiger partial charge is 0.0471 e. The number of nitrogens with one attached hydrogen (secondary N) is 1. The van der Waals surface area contributed by atoms with E-state index in [0.29, 0.717) is 6.04 Å². The van der Waals surface area contributed by atoms with Crippen LogP contribution in [0.3, 0.4) is 0 Å². The van der Waals surface area contributed by atoms with Crippen LogP contribution in [0.2, 0.25) is 5.02 Å².